The van der Waals surface area contributed by atoms with Crippen molar-refractivity contribution in [2.24, 2.45) is 5.10 Å². The van der Waals surface area contributed by atoms with Crippen LogP contribution in [0, 0.1) is 0 Å². The standard InChI is InChI=1S/C17H16Br2N2O3/c1-10(2)24-16-14(18)7-11(8-15(16)19)9-20-21-17(23)12-3-5-13(22)6-4-12/h3-10,22H,1-2H3,(H,21,23)/b20-9-. The Kier molecular flexibility index (Phi) is 6.39. The molecule has 0 saturated carbocycles. The average molecular weight is 456 g/mol. The molecule has 0 fully saturated rings. The van der Waals surface area contributed by atoms with Gasteiger partial charge < -0.3 is 9.84 Å². The molecule has 2 aromatic carbocycles. The number of carbonyl (C=O) groups excluding carboxylic acids is 1. The third-order valence-corrected chi connectivity index (χ3v) is 4.06. The number of carbonyl (C=O) groups is 1. The number of nitrogens with zero attached hydrogens (tertiary/aromatic N) is 1. The second kappa shape index (κ2) is 8.30. The summed E-state index contributed by atoms with van der Waals surface area (Å²) in [7, 11) is 0. The average Bonchev–Trinajstić information content (AvgIpc) is 2.51. The van der Waals surface area contributed by atoms with Crippen LogP contribution in [0.4, 0.5) is 0 Å². The summed E-state index contributed by atoms with van der Waals surface area (Å²) in [5, 5.41) is 13.2. The van der Waals surface area contributed by atoms with Gasteiger partial charge >= 0.3 is 0 Å². The smallest absolute Gasteiger partial charge is 0.271 e. The maximum atomic E-state index is 11.9. The van der Waals surface area contributed by atoms with Crippen LogP contribution in [0.2, 0.25) is 0 Å². The van der Waals surface area contributed by atoms with Gasteiger partial charge in [0.2, 0.25) is 0 Å². The lowest BCUT2D eigenvalue weighted by molar-refractivity contribution is 0.0955. The van der Waals surface area contributed by atoms with Crippen LogP contribution in [-0.2, 0) is 0 Å². The largest absolute Gasteiger partial charge is 0.508 e. The molecule has 2 aromatic rings. The van der Waals surface area contributed by atoms with Crippen LogP contribution in [-0.4, -0.2) is 23.3 Å². The van der Waals surface area contributed by atoms with Crippen LogP contribution in [0.5, 0.6) is 11.5 Å². The summed E-state index contributed by atoms with van der Waals surface area (Å²) >= 11 is 6.93. The lowest BCUT2D eigenvalue weighted by atomic mass is 10.2. The fraction of sp³-hybridized carbons (Fsp3) is 0.176. The number of phenolic OH excluding ortho intramolecular Hbond substituents is 1. The summed E-state index contributed by atoms with van der Waals surface area (Å²) in [4.78, 5) is 11.9. The van der Waals surface area contributed by atoms with Gasteiger partial charge in [-0.05, 0) is 87.7 Å². The highest BCUT2D eigenvalue weighted by molar-refractivity contribution is 9.11. The molecular weight excluding hydrogens is 440 g/mol. The fourth-order valence-electron chi connectivity index (χ4n) is 1.85. The van der Waals surface area contributed by atoms with Crippen molar-refractivity contribution in [2.75, 3.05) is 0 Å². The Morgan fingerprint density at radius 3 is 2.33 bits per heavy atom. The number of nitrogens with one attached hydrogen (secondary N) is 1. The molecule has 0 aliphatic rings. The van der Waals surface area contributed by atoms with E-state index in [4.69, 9.17) is 4.74 Å². The van der Waals surface area contributed by atoms with Crippen LogP contribution >= 0.6 is 31.9 Å². The molecule has 5 nitrogen and oxygen atoms in total. The molecule has 0 aromatic heterocycles. The van der Waals surface area contributed by atoms with E-state index < -0.39 is 0 Å². The Morgan fingerprint density at radius 2 is 1.79 bits per heavy atom. The van der Waals surface area contributed by atoms with Crippen molar-refractivity contribution in [1.29, 1.82) is 0 Å². The van der Waals surface area contributed by atoms with Crippen molar-refractivity contribution < 1.29 is 14.6 Å². The zero-order valence-electron chi connectivity index (χ0n) is 13.1. The van der Waals surface area contributed by atoms with E-state index in [1.54, 1.807) is 0 Å². The molecule has 0 heterocycles. The van der Waals surface area contributed by atoms with Crippen molar-refractivity contribution in [1.82, 2.24) is 5.43 Å². The number of aromatic hydroxyl groups is 1. The molecule has 0 radical (unpaired) electrons. The summed E-state index contributed by atoms with van der Waals surface area (Å²) < 4.78 is 7.29. The van der Waals surface area contributed by atoms with Gasteiger partial charge in [0.05, 0.1) is 21.3 Å². The molecule has 0 saturated heterocycles. The molecule has 2 N–H and O–H groups in total. The van der Waals surface area contributed by atoms with Gasteiger partial charge in [0.25, 0.3) is 5.91 Å². The van der Waals surface area contributed by atoms with Gasteiger partial charge in [-0.1, -0.05) is 0 Å². The van der Waals surface area contributed by atoms with Crippen LogP contribution in [0.15, 0.2) is 50.4 Å². The number of ether oxygens (including phenoxy) is 1. The lowest BCUT2D eigenvalue weighted by Crippen LogP contribution is -2.17. The van der Waals surface area contributed by atoms with Gasteiger partial charge in [0, 0.05) is 5.56 Å². The number of halogens is 2. The second-order valence-corrected chi connectivity index (χ2v) is 6.93. The minimum atomic E-state index is -0.357. The van der Waals surface area contributed by atoms with Gasteiger partial charge in [-0.3, -0.25) is 4.79 Å². The summed E-state index contributed by atoms with van der Waals surface area (Å²) in [5.74, 6) is 0.466. The highest BCUT2D eigenvalue weighted by Crippen LogP contribution is 2.35. The van der Waals surface area contributed by atoms with Gasteiger partial charge in [0.15, 0.2) is 0 Å². The first-order valence-electron chi connectivity index (χ1n) is 7.15. The molecule has 1 amide bonds. The molecule has 126 valence electrons. The number of hydrogen-bond acceptors (Lipinski definition) is 4. The second-order valence-electron chi connectivity index (χ2n) is 5.23. The lowest BCUT2D eigenvalue weighted by Gasteiger charge is -2.13. The highest BCUT2D eigenvalue weighted by Gasteiger charge is 2.10. The van der Waals surface area contributed by atoms with E-state index in [9.17, 15) is 9.90 Å². The minimum absolute atomic E-state index is 0.0571. The van der Waals surface area contributed by atoms with Crippen molar-refractivity contribution in [3.63, 3.8) is 0 Å². The molecule has 0 aliphatic carbocycles. The Bertz CT molecular complexity index is 736. The molecule has 0 unspecified atom stereocenters. The monoisotopic (exact) mass is 454 g/mol. The predicted octanol–water partition coefficient (Wildman–Crippen LogP) is 4.47. The van der Waals surface area contributed by atoms with E-state index in [1.165, 1.54) is 30.5 Å². The molecule has 0 bridgehead atoms. The van der Waals surface area contributed by atoms with Crippen molar-refractivity contribution in [3.8, 4) is 11.5 Å². The third-order valence-electron chi connectivity index (χ3n) is 2.88. The summed E-state index contributed by atoms with van der Waals surface area (Å²) in [6, 6.07) is 9.62. The minimum Gasteiger partial charge on any atom is -0.508 e. The number of amides is 1. The number of hydrogen-bond donors (Lipinski definition) is 2. The van der Waals surface area contributed by atoms with Crippen molar-refractivity contribution in [2.45, 2.75) is 20.0 Å². The van der Waals surface area contributed by atoms with E-state index in [1.807, 2.05) is 26.0 Å². The maximum absolute atomic E-state index is 11.9. The summed E-state index contributed by atoms with van der Waals surface area (Å²) in [6.45, 7) is 3.90. The zero-order chi connectivity index (χ0) is 17.7. The topological polar surface area (TPSA) is 70.9 Å². The normalized spacial score (nSPS) is 11.0. The Labute approximate surface area is 157 Å². The van der Waals surface area contributed by atoms with Crippen molar-refractivity contribution >= 4 is 44.0 Å². The number of phenols is 1. The van der Waals surface area contributed by atoms with E-state index in [-0.39, 0.29) is 17.8 Å². The van der Waals surface area contributed by atoms with Gasteiger partial charge in [-0.25, -0.2) is 5.43 Å². The molecule has 2 rings (SSSR count). The molecule has 0 aliphatic heterocycles. The summed E-state index contributed by atoms with van der Waals surface area (Å²) in [5.41, 5.74) is 3.64. The fourth-order valence-corrected chi connectivity index (χ4v) is 3.25. The van der Waals surface area contributed by atoms with Crippen LogP contribution in [0.1, 0.15) is 29.8 Å². The molecular formula is C17H16Br2N2O3. The van der Waals surface area contributed by atoms with Gasteiger partial charge in [0.1, 0.15) is 11.5 Å². The number of hydrazone groups is 1. The molecule has 0 spiro atoms. The first-order valence-corrected chi connectivity index (χ1v) is 8.73. The van der Waals surface area contributed by atoms with Gasteiger partial charge in [-0.2, -0.15) is 5.10 Å². The quantitative estimate of drug-likeness (QED) is 0.516. The van der Waals surface area contributed by atoms with E-state index in [0.29, 0.717) is 5.56 Å². The SMILES string of the molecule is CC(C)Oc1c(Br)cc(/C=N\NC(=O)c2ccc(O)cc2)cc1Br. The Morgan fingerprint density at radius 1 is 1.21 bits per heavy atom. The first-order chi connectivity index (χ1) is 11.4. The van der Waals surface area contributed by atoms with Crippen LogP contribution in [0.3, 0.4) is 0 Å². The molecule has 7 heteroatoms. The first kappa shape index (κ1) is 18.5. The number of benzene rings is 2. The maximum Gasteiger partial charge on any atom is 0.271 e. The van der Waals surface area contributed by atoms with E-state index in [2.05, 4.69) is 42.4 Å². The van der Waals surface area contributed by atoms with Crippen LogP contribution < -0.4 is 10.2 Å². The molecule has 0 atom stereocenters. The zero-order valence-corrected chi connectivity index (χ0v) is 16.3. The van der Waals surface area contributed by atoms with Gasteiger partial charge in [-0.15, -0.1) is 0 Å². The summed E-state index contributed by atoms with van der Waals surface area (Å²) in [6.07, 6.45) is 1.59. The molecule has 24 heavy (non-hydrogen) atoms. The van der Waals surface area contributed by atoms with E-state index in [0.717, 1.165) is 20.3 Å². The highest BCUT2D eigenvalue weighted by atomic mass is 79.9. The predicted molar refractivity (Wildman–Crippen MR) is 101 cm³/mol. The van der Waals surface area contributed by atoms with Crippen molar-refractivity contribution in [3.05, 3.63) is 56.5 Å². The Balaban J connectivity index is 2.06. The third kappa shape index (κ3) is 5.07. The Hall–Kier alpha value is -1.86. The number of rotatable bonds is 5. The van der Waals surface area contributed by atoms with E-state index >= 15 is 0 Å². The van der Waals surface area contributed by atoms with Crippen LogP contribution in [0.25, 0.3) is 0 Å².